The average Bonchev–Trinajstić information content (AvgIpc) is 2.01. The Balaban J connectivity index is 3.44. The van der Waals surface area contributed by atoms with Gasteiger partial charge in [0, 0.05) is 6.42 Å². The number of hydrogen-bond donors (Lipinski definition) is 0. The molecule has 0 aromatic heterocycles. The predicted molar refractivity (Wildman–Crippen MR) is 51.4 cm³/mol. The van der Waals surface area contributed by atoms with Crippen LogP contribution in [-0.2, 0) is 0 Å². The average molecular weight is 152 g/mol. The quantitative estimate of drug-likeness (QED) is 0.510. The fourth-order valence-corrected chi connectivity index (χ4v) is 1.54. The summed E-state index contributed by atoms with van der Waals surface area (Å²) >= 11 is 0. The van der Waals surface area contributed by atoms with Gasteiger partial charge in [-0.1, -0.05) is 39.5 Å². The summed E-state index contributed by atoms with van der Waals surface area (Å²) in [5.41, 5.74) is 0. The van der Waals surface area contributed by atoms with E-state index >= 15 is 0 Å². The Hall–Kier alpha value is -0.440. The predicted octanol–water partition coefficient (Wildman–Crippen LogP) is 3.62. The molecule has 0 unspecified atom stereocenters. The third-order valence-electron chi connectivity index (χ3n) is 2.09. The van der Waals surface area contributed by atoms with Crippen molar-refractivity contribution in [3.8, 4) is 12.3 Å². The van der Waals surface area contributed by atoms with Crippen molar-refractivity contribution in [1.29, 1.82) is 0 Å². The zero-order valence-electron chi connectivity index (χ0n) is 7.90. The number of terminal acetylenes is 1. The smallest absolute Gasteiger partial charge is 0.00886 e. The molecule has 0 rings (SSSR count). The fourth-order valence-electron chi connectivity index (χ4n) is 1.54. The van der Waals surface area contributed by atoms with E-state index in [0.717, 1.165) is 12.3 Å². The van der Waals surface area contributed by atoms with E-state index in [1.165, 1.54) is 32.1 Å². The Morgan fingerprint density at radius 2 is 1.64 bits per heavy atom. The lowest BCUT2D eigenvalue weighted by atomic mass is 9.94. The molecule has 0 amide bonds. The lowest BCUT2D eigenvalue weighted by Gasteiger charge is -2.12. The van der Waals surface area contributed by atoms with Gasteiger partial charge in [0.2, 0.25) is 0 Å². The highest BCUT2D eigenvalue weighted by molar-refractivity contribution is 4.84. The second-order valence-corrected chi connectivity index (χ2v) is 3.19. The van der Waals surface area contributed by atoms with Crippen LogP contribution in [0.25, 0.3) is 0 Å². The molecule has 0 nitrogen and oxygen atoms in total. The normalized spacial score (nSPS) is 10.0. The maximum Gasteiger partial charge on any atom is 0.00886 e. The lowest BCUT2D eigenvalue weighted by Crippen LogP contribution is -1.98. The molecule has 0 aromatic carbocycles. The van der Waals surface area contributed by atoms with Gasteiger partial charge in [-0.25, -0.2) is 0 Å². The minimum atomic E-state index is 0.890. The summed E-state index contributed by atoms with van der Waals surface area (Å²) in [6, 6.07) is 0. The molecule has 0 bridgehead atoms. The second kappa shape index (κ2) is 7.66. The van der Waals surface area contributed by atoms with Crippen LogP contribution >= 0.6 is 0 Å². The summed E-state index contributed by atoms with van der Waals surface area (Å²) in [6.07, 6.45) is 12.7. The maximum atomic E-state index is 5.22. The third kappa shape index (κ3) is 5.98. The fraction of sp³-hybridized carbons (Fsp3) is 0.818. The summed E-state index contributed by atoms with van der Waals surface area (Å²) in [7, 11) is 0. The van der Waals surface area contributed by atoms with Crippen LogP contribution in [0.1, 0.15) is 52.4 Å². The van der Waals surface area contributed by atoms with Crippen LogP contribution in [0.3, 0.4) is 0 Å². The molecule has 0 spiro atoms. The van der Waals surface area contributed by atoms with Gasteiger partial charge in [0.25, 0.3) is 0 Å². The van der Waals surface area contributed by atoms with E-state index in [9.17, 15) is 0 Å². The van der Waals surface area contributed by atoms with Gasteiger partial charge in [-0.3, -0.25) is 0 Å². The molecule has 0 aliphatic carbocycles. The van der Waals surface area contributed by atoms with E-state index in [2.05, 4.69) is 19.8 Å². The van der Waals surface area contributed by atoms with Gasteiger partial charge in [-0.15, -0.1) is 12.3 Å². The first-order valence-corrected chi connectivity index (χ1v) is 4.78. The first-order chi connectivity index (χ1) is 5.35. The zero-order chi connectivity index (χ0) is 8.53. The molecule has 11 heavy (non-hydrogen) atoms. The largest absolute Gasteiger partial charge is 0.120 e. The van der Waals surface area contributed by atoms with Crippen molar-refractivity contribution in [2.75, 3.05) is 0 Å². The topological polar surface area (TPSA) is 0 Å². The SMILES string of the molecule is C#CCCC(CCC)CCC. The lowest BCUT2D eigenvalue weighted by molar-refractivity contribution is 0.416. The molecule has 64 valence electrons. The van der Waals surface area contributed by atoms with Crippen molar-refractivity contribution in [2.45, 2.75) is 52.4 Å². The summed E-state index contributed by atoms with van der Waals surface area (Å²) in [4.78, 5) is 0. The molecule has 0 aliphatic heterocycles. The van der Waals surface area contributed by atoms with Crippen LogP contribution in [0.5, 0.6) is 0 Å². The summed E-state index contributed by atoms with van der Waals surface area (Å²) in [6.45, 7) is 4.50. The Bertz CT molecular complexity index is 102. The molecule has 0 aliphatic rings. The molecule has 0 aromatic rings. The van der Waals surface area contributed by atoms with Gasteiger partial charge >= 0.3 is 0 Å². The summed E-state index contributed by atoms with van der Waals surface area (Å²) < 4.78 is 0. The van der Waals surface area contributed by atoms with Crippen molar-refractivity contribution >= 4 is 0 Å². The molecule has 0 fully saturated rings. The van der Waals surface area contributed by atoms with E-state index in [-0.39, 0.29) is 0 Å². The van der Waals surface area contributed by atoms with Crippen LogP contribution in [0.4, 0.5) is 0 Å². The van der Waals surface area contributed by atoms with Crippen molar-refractivity contribution in [3.05, 3.63) is 0 Å². The van der Waals surface area contributed by atoms with Crippen LogP contribution < -0.4 is 0 Å². The summed E-state index contributed by atoms with van der Waals surface area (Å²) in [5, 5.41) is 0. The van der Waals surface area contributed by atoms with E-state index in [1.54, 1.807) is 0 Å². The first-order valence-electron chi connectivity index (χ1n) is 4.78. The molecule has 0 atom stereocenters. The van der Waals surface area contributed by atoms with E-state index < -0.39 is 0 Å². The number of hydrogen-bond acceptors (Lipinski definition) is 0. The van der Waals surface area contributed by atoms with Crippen molar-refractivity contribution < 1.29 is 0 Å². The molecule has 0 heterocycles. The molecular weight excluding hydrogens is 132 g/mol. The van der Waals surface area contributed by atoms with Crippen molar-refractivity contribution in [1.82, 2.24) is 0 Å². The molecule has 0 N–H and O–H groups in total. The molecular formula is C11H20. The Kier molecular flexibility index (Phi) is 7.36. The zero-order valence-corrected chi connectivity index (χ0v) is 7.90. The Labute approximate surface area is 71.4 Å². The second-order valence-electron chi connectivity index (χ2n) is 3.19. The molecule has 0 saturated heterocycles. The molecule has 0 radical (unpaired) electrons. The van der Waals surface area contributed by atoms with Gasteiger partial charge in [0.1, 0.15) is 0 Å². The van der Waals surface area contributed by atoms with Crippen LogP contribution in [0, 0.1) is 18.3 Å². The van der Waals surface area contributed by atoms with E-state index in [1.807, 2.05) is 0 Å². The van der Waals surface area contributed by atoms with Crippen molar-refractivity contribution in [2.24, 2.45) is 5.92 Å². The Morgan fingerprint density at radius 1 is 1.09 bits per heavy atom. The number of rotatable bonds is 6. The van der Waals surface area contributed by atoms with Gasteiger partial charge in [-0.05, 0) is 12.3 Å². The highest BCUT2D eigenvalue weighted by atomic mass is 14.1. The van der Waals surface area contributed by atoms with Gasteiger partial charge in [-0.2, -0.15) is 0 Å². The third-order valence-corrected chi connectivity index (χ3v) is 2.09. The first kappa shape index (κ1) is 10.6. The molecule has 0 heteroatoms. The van der Waals surface area contributed by atoms with E-state index in [0.29, 0.717) is 0 Å². The van der Waals surface area contributed by atoms with Crippen LogP contribution in [0.2, 0.25) is 0 Å². The Morgan fingerprint density at radius 3 is 2.00 bits per heavy atom. The summed E-state index contributed by atoms with van der Waals surface area (Å²) in [5.74, 6) is 3.60. The minimum Gasteiger partial charge on any atom is -0.120 e. The standard InChI is InChI=1S/C11H20/c1-4-7-10-11(8-5-2)9-6-3/h1,11H,5-10H2,2-3H3. The maximum absolute atomic E-state index is 5.22. The highest BCUT2D eigenvalue weighted by Gasteiger charge is 2.04. The van der Waals surface area contributed by atoms with Crippen molar-refractivity contribution in [3.63, 3.8) is 0 Å². The van der Waals surface area contributed by atoms with Gasteiger partial charge < -0.3 is 0 Å². The van der Waals surface area contributed by atoms with Crippen LogP contribution in [-0.4, -0.2) is 0 Å². The van der Waals surface area contributed by atoms with E-state index in [4.69, 9.17) is 6.42 Å². The van der Waals surface area contributed by atoms with Crippen LogP contribution in [0.15, 0.2) is 0 Å². The van der Waals surface area contributed by atoms with Gasteiger partial charge in [0.05, 0.1) is 0 Å². The molecule has 0 saturated carbocycles. The van der Waals surface area contributed by atoms with Gasteiger partial charge in [0.15, 0.2) is 0 Å². The monoisotopic (exact) mass is 152 g/mol. The minimum absolute atomic E-state index is 0.890. The highest BCUT2D eigenvalue weighted by Crippen LogP contribution is 2.18.